The first kappa shape index (κ1) is 78.5. The van der Waals surface area contributed by atoms with E-state index in [4.69, 9.17) is 40.1 Å². The quantitative estimate of drug-likeness (QED) is 0.0173. The van der Waals surface area contributed by atoms with E-state index < -0.39 is 169 Å². The van der Waals surface area contributed by atoms with Crippen molar-refractivity contribution < 1.29 is 62.3 Å². The van der Waals surface area contributed by atoms with Crippen LogP contribution in [0, 0.1) is 5.92 Å². The van der Waals surface area contributed by atoms with Gasteiger partial charge in [0.1, 0.15) is 54.4 Å². The van der Waals surface area contributed by atoms with Crippen molar-refractivity contribution in [2.24, 2.45) is 51.0 Å². The molecule has 0 saturated carbocycles. The van der Waals surface area contributed by atoms with E-state index in [0.717, 1.165) is 0 Å². The van der Waals surface area contributed by atoms with Gasteiger partial charge in [-0.2, -0.15) is 11.8 Å². The van der Waals surface area contributed by atoms with E-state index in [1.165, 1.54) is 21.6 Å². The Bertz CT molecular complexity index is 2960. The molecule has 4 rings (SSSR count). The molecular weight excluding hydrogens is 1250 g/mol. The Labute approximate surface area is 558 Å². The summed E-state index contributed by atoms with van der Waals surface area (Å²) < 4.78 is 0. The summed E-state index contributed by atoms with van der Waals surface area (Å²) in [7, 11) is 0. The van der Waals surface area contributed by atoms with Gasteiger partial charge in [0.2, 0.25) is 76.8 Å². The molecule has 0 bridgehead atoms. The maximum Gasteiger partial charge on any atom is 0.245 e. The molecule has 2 aromatic carbocycles. The second kappa shape index (κ2) is 41.0. The predicted octanol–water partition coefficient (Wildman–Crippen LogP) is -3.71. The van der Waals surface area contributed by atoms with Gasteiger partial charge in [0.25, 0.3) is 0 Å². The number of benzene rings is 2. The Kier molecular flexibility index (Phi) is 33.9. The smallest absolute Gasteiger partial charge is 0.245 e. The molecule has 31 nitrogen and oxygen atoms in total. The fourth-order valence-corrected chi connectivity index (χ4v) is 11.5. The van der Waals surface area contributed by atoms with Crippen LogP contribution >= 0.6 is 11.8 Å². The van der Waals surface area contributed by atoms with Gasteiger partial charge < -0.3 is 92.5 Å². The molecule has 2 aliphatic rings. The highest BCUT2D eigenvalue weighted by molar-refractivity contribution is 7.98. The van der Waals surface area contributed by atoms with Gasteiger partial charge >= 0.3 is 0 Å². The maximum atomic E-state index is 14.7. The first-order valence-electron chi connectivity index (χ1n) is 32.2. The highest BCUT2D eigenvalue weighted by Crippen LogP contribution is 2.24. The minimum Gasteiger partial charge on any atom is -0.370 e. The summed E-state index contributed by atoms with van der Waals surface area (Å²) in [4.78, 5) is 185. The van der Waals surface area contributed by atoms with Crippen LogP contribution in [0.5, 0.6) is 0 Å². The lowest BCUT2D eigenvalue weighted by Gasteiger charge is -2.32. The molecule has 10 atom stereocenters. The van der Waals surface area contributed by atoms with Crippen LogP contribution in [-0.2, 0) is 75.2 Å². The number of carbonyl (C=O) groups excluding carboxylic acids is 13. The number of nitrogens with one attached hydrogen (secondary N) is 8. The Morgan fingerprint density at radius 3 is 1.51 bits per heavy atom. The summed E-state index contributed by atoms with van der Waals surface area (Å²) in [5, 5.41) is 21.1. The molecule has 0 aliphatic carbocycles. The number of hydrogen-bond acceptors (Lipinski definition) is 17. The Morgan fingerprint density at radius 2 is 1.01 bits per heavy atom. The van der Waals surface area contributed by atoms with Crippen LogP contribution in [0.1, 0.15) is 121 Å². The van der Waals surface area contributed by atoms with Gasteiger partial charge in [-0.1, -0.05) is 74.5 Å². The molecule has 2 fully saturated rings. The highest BCUT2D eigenvalue weighted by Gasteiger charge is 2.42. The summed E-state index contributed by atoms with van der Waals surface area (Å²) in [5.41, 5.74) is 40.6. The minimum absolute atomic E-state index is 0.0736. The number of likely N-dealkylation sites (tertiary alicyclic amines) is 2. The van der Waals surface area contributed by atoms with E-state index in [2.05, 4.69) is 47.5 Å². The van der Waals surface area contributed by atoms with E-state index in [1.54, 1.807) is 60.7 Å². The van der Waals surface area contributed by atoms with Crippen molar-refractivity contribution in [3.05, 3.63) is 71.8 Å². The van der Waals surface area contributed by atoms with Crippen molar-refractivity contribution in [1.29, 1.82) is 0 Å². The molecule has 2 aromatic rings. The molecule has 2 heterocycles. The van der Waals surface area contributed by atoms with Crippen LogP contribution in [0.3, 0.4) is 0 Å². The molecule has 0 spiro atoms. The molecule has 32 heteroatoms. The number of primary amides is 3. The lowest BCUT2D eigenvalue weighted by molar-refractivity contribution is -0.144. The number of rotatable bonds is 42. The van der Waals surface area contributed by atoms with Gasteiger partial charge in [-0.3, -0.25) is 67.3 Å². The van der Waals surface area contributed by atoms with E-state index in [9.17, 15) is 62.3 Å². The van der Waals surface area contributed by atoms with Crippen LogP contribution in [0.2, 0.25) is 0 Å². The Balaban J connectivity index is 1.56. The summed E-state index contributed by atoms with van der Waals surface area (Å²) >= 11 is 1.45. The minimum atomic E-state index is -1.64. The van der Waals surface area contributed by atoms with Crippen LogP contribution in [-0.4, -0.2) is 198 Å². The SMILES string of the molecule is CSCC[C@H](NC(=O)[C@H](CC(C)C)NC(=O)CNC(=O)[C@@H](Cc1ccccc1)NC(=O)[C@H](Cc1ccccc1)NC(=O)[C@H](CCC(N)=O)NC(=O)[C@@H](CCC(N)=O)NC(=O)[C@@H]1CCCN1C(=O)[C@H](CCCCN)NC(=O)[C@@H]1CCCN1C(=O)[C@H](N)CCCN=C(N)N)C(N)=O. The monoisotopic (exact) mass is 1350 g/mol. The lowest BCUT2D eigenvalue weighted by atomic mass is 10.0. The van der Waals surface area contributed by atoms with E-state index in [-0.39, 0.29) is 83.0 Å². The third-order valence-electron chi connectivity index (χ3n) is 16.0. The molecular formula is C63H98N18O13S. The highest BCUT2D eigenvalue weighted by atomic mass is 32.2. The van der Waals surface area contributed by atoms with Gasteiger partial charge in [-0.15, -0.1) is 0 Å². The predicted molar refractivity (Wildman–Crippen MR) is 356 cm³/mol. The number of thioether (sulfide) groups is 1. The summed E-state index contributed by atoms with van der Waals surface area (Å²) in [5.74, 6) is -9.80. The Morgan fingerprint density at radius 1 is 0.537 bits per heavy atom. The van der Waals surface area contributed by atoms with Crippen LogP contribution in [0.15, 0.2) is 65.7 Å². The molecule has 22 N–H and O–H groups in total. The second-order valence-electron chi connectivity index (χ2n) is 24.1. The third kappa shape index (κ3) is 27.5. The number of amides is 13. The van der Waals surface area contributed by atoms with Gasteiger partial charge in [-0.05, 0) is 119 Å². The maximum absolute atomic E-state index is 14.7. The molecule has 95 heavy (non-hydrogen) atoms. The van der Waals surface area contributed by atoms with Crippen molar-refractivity contribution in [2.75, 3.05) is 44.7 Å². The molecule has 524 valence electrons. The molecule has 13 amide bonds. The standard InChI is InChI=1S/C63H98N18O13S/c1-37(2)33-45(57(89)74-41(53(68)85)27-32-95-3)73-52(84)36-72-54(86)46(34-38-15-6-4-7-16-38)78-58(90)47(35-39-17-8-5-9-18-39)79-56(88)42(23-25-50(66)82)75-55(87)43(24-26-51(67)83)76-59(91)49-22-14-31-81(49)62(94)44(20-10-11-28-64)77-60(92)48-21-13-30-80(48)61(93)40(65)19-12-29-71-63(69)70/h4-9,15-18,37,40-49H,10-14,19-36,64-65H2,1-3H3,(H2,66,82)(H2,67,83)(H2,68,85)(H,72,86)(H,73,84)(H,74,89)(H,75,87)(H,76,91)(H,77,92)(H,78,90)(H,79,88)(H4,69,70,71)/t40-,41+,42+,43-,44+,45+,46-,47+,48+,49+/m1/s1. The first-order valence-corrected chi connectivity index (χ1v) is 33.6. The number of aliphatic imine (C=N–C) groups is 1. The molecule has 0 unspecified atom stereocenters. The molecule has 2 aliphatic heterocycles. The van der Waals surface area contributed by atoms with E-state index in [0.29, 0.717) is 55.4 Å². The van der Waals surface area contributed by atoms with Crippen molar-refractivity contribution in [1.82, 2.24) is 52.3 Å². The summed E-state index contributed by atoms with van der Waals surface area (Å²) in [6, 6.07) is 4.51. The second-order valence-corrected chi connectivity index (χ2v) is 25.1. The molecule has 2 saturated heterocycles. The van der Waals surface area contributed by atoms with Crippen LogP contribution < -0.4 is 82.7 Å². The summed E-state index contributed by atoms with van der Waals surface area (Å²) in [6.07, 6.45) is 3.12. The fraction of sp³-hybridized carbons (Fsp3) is 0.587. The number of guanidine groups is 1. The van der Waals surface area contributed by atoms with Crippen LogP contribution in [0.4, 0.5) is 0 Å². The third-order valence-corrected chi connectivity index (χ3v) is 16.7. The zero-order valence-electron chi connectivity index (χ0n) is 54.5. The first-order chi connectivity index (χ1) is 45.2. The molecule has 0 radical (unpaired) electrons. The van der Waals surface area contributed by atoms with Crippen LogP contribution in [0.25, 0.3) is 0 Å². The van der Waals surface area contributed by atoms with Crippen molar-refractivity contribution in [3.63, 3.8) is 0 Å². The number of hydrogen-bond donors (Lipinski definition) is 15. The molecule has 0 aromatic heterocycles. The topological polar surface area (TPSA) is 519 Å². The van der Waals surface area contributed by atoms with E-state index in [1.807, 2.05) is 20.1 Å². The van der Waals surface area contributed by atoms with E-state index >= 15 is 0 Å². The number of unbranched alkanes of at least 4 members (excludes halogenated alkanes) is 1. The lowest BCUT2D eigenvalue weighted by Crippen LogP contribution is -2.60. The zero-order valence-corrected chi connectivity index (χ0v) is 55.3. The average molecular weight is 1350 g/mol. The number of nitrogens with zero attached hydrogens (tertiary/aromatic N) is 3. The van der Waals surface area contributed by atoms with Gasteiger partial charge in [-0.25, -0.2) is 0 Å². The van der Waals surface area contributed by atoms with Gasteiger partial charge in [0.05, 0.1) is 12.6 Å². The summed E-state index contributed by atoms with van der Waals surface area (Å²) in [6.45, 7) is 3.86. The van der Waals surface area contributed by atoms with Gasteiger partial charge in [0, 0.05) is 45.3 Å². The number of nitrogens with two attached hydrogens (primary N) is 7. The van der Waals surface area contributed by atoms with Gasteiger partial charge in [0.15, 0.2) is 5.96 Å². The Hall–Kier alpha value is -8.91. The number of carbonyl (C=O) groups is 13. The van der Waals surface area contributed by atoms with Crippen molar-refractivity contribution >= 4 is 94.5 Å². The van der Waals surface area contributed by atoms with Crippen molar-refractivity contribution in [3.8, 4) is 0 Å². The fourth-order valence-electron chi connectivity index (χ4n) is 11.0. The normalized spacial score (nSPS) is 16.8. The zero-order chi connectivity index (χ0) is 70.1. The van der Waals surface area contributed by atoms with Crippen molar-refractivity contribution in [2.45, 2.75) is 183 Å². The largest absolute Gasteiger partial charge is 0.370 e. The average Bonchev–Trinajstić information content (AvgIpc) is 1.74.